The lowest BCUT2D eigenvalue weighted by molar-refractivity contribution is 0.190. The van der Waals surface area contributed by atoms with Gasteiger partial charge in [0.25, 0.3) is 0 Å². The molecule has 24 heavy (non-hydrogen) atoms. The molecule has 3 nitrogen and oxygen atoms in total. The number of ether oxygens (including phenoxy) is 1. The number of aliphatic hydroxyl groups excluding tert-OH is 1. The molecule has 1 atom stereocenters. The van der Waals surface area contributed by atoms with Gasteiger partial charge in [-0.1, -0.05) is 40.9 Å². The Morgan fingerprint density at radius 2 is 1.71 bits per heavy atom. The molecule has 0 radical (unpaired) electrons. The third-order valence-electron chi connectivity index (χ3n) is 3.18. The number of nitrogens with one attached hydrogen (secondary N) is 1. The highest BCUT2D eigenvalue weighted by atomic mass is 35.5. The van der Waals surface area contributed by atoms with E-state index in [1.165, 1.54) is 0 Å². The Bertz CT molecular complexity index is 665. The van der Waals surface area contributed by atoms with Crippen molar-refractivity contribution >= 4 is 47.2 Å². The van der Waals surface area contributed by atoms with E-state index in [1.807, 2.05) is 18.2 Å². The van der Waals surface area contributed by atoms with Crippen LogP contribution < -0.4 is 10.1 Å². The molecule has 0 saturated heterocycles. The Morgan fingerprint density at radius 3 is 2.38 bits per heavy atom. The third kappa shape index (κ3) is 6.67. The molecule has 2 N–H and O–H groups in total. The highest BCUT2D eigenvalue weighted by Crippen LogP contribution is 2.26. The monoisotopic (exact) mass is 409 g/mol. The van der Waals surface area contributed by atoms with Crippen LogP contribution in [0.4, 0.5) is 0 Å². The number of aliphatic hydroxyl groups is 1. The number of halogens is 4. The van der Waals surface area contributed by atoms with Crippen molar-refractivity contribution in [2.45, 2.75) is 26.2 Å². The van der Waals surface area contributed by atoms with E-state index in [1.54, 1.807) is 25.1 Å². The Labute approximate surface area is 163 Å². The zero-order chi connectivity index (χ0) is 16.8. The minimum atomic E-state index is -0.411. The van der Waals surface area contributed by atoms with Crippen molar-refractivity contribution in [3.63, 3.8) is 0 Å². The fraction of sp³-hybridized carbons (Fsp3) is 0.294. The second kappa shape index (κ2) is 10.3. The maximum atomic E-state index is 9.31. The van der Waals surface area contributed by atoms with E-state index in [0.717, 1.165) is 16.9 Å². The van der Waals surface area contributed by atoms with Crippen molar-refractivity contribution in [2.24, 2.45) is 0 Å². The van der Waals surface area contributed by atoms with Gasteiger partial charge in [0.1, 0.15) is 12.4 Å². The number of hydrogen-bond donors (Lipinski definition) is 2. The fourth-order valence-corrected chi connectivity index (χ4v) is 2.69. The van der Waals surface area contributed by atoms with Gasteiger partial charge in [0.2, 0.25) is 0 Å². The van der Waals surface area contributed by atoms with Crippen LogP contribution >= 0.6 is 47.2 Å². The highest BCUT2D eigenvalue weighted by Gasteiger charge is 2.08. The molecule has 0 aromatic heterocycles. The van der Waals surface area contributed by atoms with E-state index in [9.17, 15) is 5.11 Å². The number of hydrogen-bond acceptors (Lipinski definition) is 3. The normalized spacial score (nSPS) is 11.7. The zero-order valence-electron chi connectivity index (χ0n) is 13.1. The maximum Gasteiger partial charge on any atom is 0.124 e. The summed E-state index contributed by atoms with van der Waals surface area (Å²) in [6.45, 7) is 3.11. The fourth-order valence-electron chi connectivity index (χ4n) is 2.04. The molecule has 132 valence electrons. The summed E-state index contributed by atoms with van der Waals surface area (Å²) in [7, 11) is 0. The molecule has 0 aliphatic rings. The first-order chi connectivity index (χ1) is 11.0. The van der Waals surface area contributed by atoms with Crippen LogP contribution in [-0.4, -0.2) is 17.8 Å². The molecule has 7 heteroatoms. The Balaban J connectivity index is 0.00000288. The first kappa shape index (κ1) is 21.4. The summed E-state index contributed by atoms with van der Waals surface area (Å²) >= 11 is 18.1. The lowest BCUT2D eigenvalue weighted by atomic mass is 10.2. The molecular formula is C17H19Cl4NO2. The quantitative estimate of drug-likeness (QED) is 0.665. The zero-order valence-corrected chi connectivity index (χ0v) is 16.1. The first-order valence-electron chi connectivity index (χ1n) is 7.19. The lowest BCUT2D eigenvalue weighted by Gasteiger charge is -2.14. The molecule has 0 bridgehead atoms. The number of benzene rings is 2. The van der Waals surface area contributed by atoms with Crippen molar-refractivity contribution < 1.29 is 9.84 Å². The third-order valence-corrected chi connectivity index (χ3v) is 4.00. The van der Waals surface area contributed by atoms with Crippen molar-refractivity contribution in [3.05, 3.63) is 62.6 Å². The minimum absolute atomic E-state index is 0. The second-order valence-corrected chi connectivity index (χ2v) is 6.54. The molecule has 1 unspecified atom stereocenters. The summed E-state index contributed by atoms with van der Waals surface area (Å²) in [4.78, 5) is 0. The predicted octanol–water partition coefficient (Wildman–Crippen LogP) is 5.12. The van der Waals surface area contributed by atoms with E-state index < -0.39 is 6.10 Å². The van der Waals surface area contributed by atoms with Crippen LogP contribution in [0.25, 0.3) is 0 Å². The average Bonchev–Trinajstić information content (AvgIpc) is 2.47. The summed E-state index contributed by atoms with van der Waals surface area (Å²) in [6, 6.07) is 10.7. The van der Waals surface area contributed by atoms with Crippen LogP contribution in [0.2, 0.25) is 15.1 Å². The van der Waals surface area contributed by atoms with Crippen LogP contribution in [0.3, 0.4) is 0 Å². The van der Waals surface area contributed by atoms with E-state index in [0.29, 0.717) is 34.8 Å². The standard InChI is InChI=1S/C17H18Cl3NO2.ClH/c1-11(22)8-21-9-13-6-14(18)4-5-17(13)23-10-12-2-3-15(19)7-16(12)20;/h2-7,11,21-22H,8-10H2,1H3;1H. The topological polar surface area (TPSA) is 41.5 Å². The Kier molecular flexibility index (Phi) is 9.21. The second-order valence-electron chi connectivity index (χ2n) is 5.26. The number of rotatable bonds is 7. The molecule has 2 aromatic rings. The molecule has 2 rings (SSSR count). The van der Waals surface area contributed by atoms with Crippen LogP contribution in [-0.2, 0) is 13.2 Å². The largest absolute Gasteiger partial charge is 0.489 e. The van der Waals surface area contributed by atoms with Crippen LogP contribution in [0.15, 0.2) is 36.4 Å². The van der Waals surface area contributed by atoms with Crippen molar-refractivity contribution in [3.8, 4) is 5.75 Å². The lowest BCUT2D eigenvalue weighted by Crippen LogP contribution is -2.24. The molecule has 2 aromatic carbocycles. The van der Waals surface area contributed by atoms with Crippen LogP contribution in [0, 0.1) is 0 Å². The first-order valence-corrected chi connectivity index (χ1v) is 8.33. The van der Waals surface area contributed by atoms with Gasteiger partial charge < -0.3 is 15.2 Å². The van der Waals surface area contributed by atoms with Gasteiger partial charge in [-0.3, -0.25) is 0 Å². The van der Waals surface area contributed by atoms with Crippen molar-refractivity contribution in [2.75, 3.05) is 6.54 Å². The van der Waals surface area contributed by atoms with Crippen molar-refractivity contribution in [1.29, 1.82) is 0 Å². The molecule has 0 aliphatic carbocycles. The SMILES string of the molecule is CC(O)CNCc1cc(Cl)ccc1OCc1ccc(Cl)cc1Cl.Cl. The maximum absolute atomic E-state index is 9.31. The van der Waals surface area contributed by atoms with Crippen LogP contribution in [0.5, 0.6) is 5.75 Å². The summed E-state index contributed by atoms with van der Waals surface area (Å²) in [5.74, 6) is 0.721. The van der Waals surface area contributed by atoms with E-state index in [4.69, 9.17) is 39.5 Å². The van der Waals surface area contributed by atoms with Gasteiger partial charge in [-0.15, -0.1) is 12.4 Å². The molecule has 0 amide bonds. The molecule has 0 aliphatic heterocycles. The van der Waals surface area contributed by atoms with Gasteiger partial charge in [0.15, 0.2) is 0 Å². The Morgan fingerprint density at radius 1 is 1.04 bits per heavy atom. The van der Waals surface area contributed by atoms with Crippen LogP contribution in [0.1, 0.15) is 18.1 Å². The minimum Gasteiger partial charge on any atom is -0.489 e. The molecular weight excluding hydrogens is 392 g/mol. The van der Waals surface area contributed by atoms with Crippen molar-refractivity contribution in [1.82, 2.24) is 5.32 Å². The summed E-state index contributed by atoms with van der Waals surface area (Å²) in [5.41, 5.74) is 1.78. The van der Waals surface area contributed by atoms with Gasteiger partial charge >= 0.3 is 0 Å². The Hall–Kier alpha value is -0.680. The molecule has 0 saturated carbocycles. The molecule has 0 spiro atoms. The average molecular weight is 411 g/mol. The highest BCUT2D eigenvalue weighted by molar-refractivity contribution is 6.35. The predicted molar refractivity (Wildman–Crippen MR) is 103 cm³/mol. The van der Waals surface area contributed by atoms with Gasteiger partial charge in [-0.2, -0.15) is 0 Å². The van der Waals surface area contributed by atoms with E-state index >= 15 is 0 Å². The molecule has 0 fully saturated rings. The van der Waals surface area contributed by atoms with Gasteiger partial charge in [0, 0.05) is 39.3 Å². The molecule has 0 heterocycles. The van der Waals surface area contributed by atoms with Gasteiger partial charge in [-0.05, 0) is 37.3 Å². The summed E-state index contributed by atoms with van der Waals surface area (Å²) in [5, 5.41) is 14.3. The van der Waals surface area contributed by atoms with E-state index in [2.05, 4.69) is 5.32 Å². The smallest absolute Gasteiger partial charge is 0.124 e. The summed E-state index contributed by atoms with van der Waals surface area (Å²) in [6.07, 6.45) is -0.411. The van der Waals surface area contributed by atoms with Gasteiger partial charge in [-0.25, -0.2) is 0 Å². The summed E-state index contributed by atoms with van der Waals surface area (Å²) < 4.78 is 5.87. The van der Waals surface area contributed by atoms with Gasteiger partial charge in [0.05, 0.1) is 6.10 Å². The van der Waals surface area contributed by atoms with E-state index in [-0.39, 0.29) is 12.4 Å².